The van der Waals surface area contributed by atoms with Crippen molar-refractivity contribution in [2.24, 2.45) is 0 Å². The molecule has 1 spiro atoms. The number of carboxylic acids is 1. The van der Waals surface area contributed by atoms with Crippen molar-refractivity contribution in [1.29, 1.82) is 0 Å². The van der Waals surface area contributed by atoms with Gasteiger partial charge in [0.1, 0.15) is 28.6 Å². The van der Waals surface area contributed by atoms with Crippen molar-refractivity contribution in [3.05, 3.63) is 168 Å². The molecule has 1 atom stereocenters. The lowest BCUT2D eigenvalue weighted by Crippen LogP contribution is -2.33. The van der Waals surface area contributed by atoms with Crippen LogP contribution in [0.4, 0.5) is 0 Å². The first-order chi connectivity index (χ1) is 27.2. The van der Waals surface area contributed by atoms with Crippen molar-refractivity contribution >= 4 is 28.9 Å². The van der Waals surface area contributed by atoms with Crippen LogP contribution in [-0.4, -0.2) is 23.0 Å². The average molecular weight is 759 g/mol. The van der Waals surface area contributed by atoms with Gasteiger partial charge in [0.25, 0.3) is 0 Å². The summed E-state index contributed by atoms with van der Waals surface area (Å²) in [6, 6.07) is 29.1. The molecule has 9 heteroatoms. The van der Waals surface area contributed by atoms with Gasteiger partial charge < -0.3 is 23.7 Å². The maximum absolute atomic E-state index is 12.9. The highest BCUT2D eigenvalue weighted by Gasteiger charge is 2.53. The molecule has 1 unspecified atom stereocenters. The standard InChI is InChI=1S/C25H20O5.C23H18O4/c1-13-9-19-22(11-14(13)2)29-23-12-21(28-16(4)26)15(3)10-20(23)25(19)18-8-6-5-7-17(18)24(27)30-25;1-12-8-17-20(10-13(12)2)27-21-11-19(24)14(3)9-18(21)22(17)15-6-4-5-7-16(15)23(25)26/h5-12H,1-4H3;4-11H,1-3H3,(H,25,26). The summed E-state index contributed by atoms with van der Waals surface area (Å²) in [5.41, 5.74) is 10.2. The van der Waals surface area contributed by atoms with Crippen LogP contribution in [-0.2, 0) is 15.1 Å². The van der Waals surface area contributed by atoms with Crippen LogP contribution in [0.1, 0.15) is 77.7 Å². The van der Waals surface area contributed by atoms with Gasteiger partial charge in [-0.3, -0.25) is 9.59 Å². The molecule has 4 aliphatic rings. The lowest BCUT2D eigenvalue weighted by Gasteiger charge is -2.37. The molecule has 0 fully saturated rings. The molecule has 0 amide bonds. The van der Waals surface area contributed by atoms with Gasteiger partial charge in [-0.05, 0) is 129 Å². The fraction of sp³-hybridized carbons (Fsp3) is 0.167. The van der Waals surface area contributed by atoms with E-state index in [0.717, 1.165) is 55.5 Å². The minimum absolute atomic E-state index is 0.105. The van der Waals surface area contributed by atoms with Crippen LogP contribution in [0.5, 0.6) is 17.2 Å². The molecule has 57 heavy (non-hydrogen) atoms. The molecule has 0 bridgehead atoms. The summed E-state index contributed by atoms with van der Waals surface area (Å²) in [6.07, 6.45) is 0. The number of rotatable bonds is 3. The highest BCUT2D eigenvalue weighted by molar-refractivity contribution is 6.07. The maximum Gasteiger partial charge on any atom is 0.340 e. The van der Waals surface area contributed by atoms with Crippen LogP contribution < -0.4 is 14.9 Å². The summed E-state index contributed by atoms with van der Waals surface area (Å²) in [6.45, 7) is 13.0. The second kappa shape index (κ2) is 13.6. The van der Waals surface area contributed by atoms with Gasteiger partial charge >= 0.3 is 17.9 Å². The Hall–Kier alpha value is -7.00. The normalized spacial score (nSPS) is 14.9. The van der Waals surface area contributed by atoms with Crippen LogP contribution in [0.15, 0.2) is 106 Å². The Kier molecular flexibility index (Phi) is 8.84. The lowest BCUT2D eigenvalue weighted by atomic mass is 9.76. The number of hydrogen-bond donors (Lipinski definition) is 1. The Morgan fingerprint density at radius 3 is 1.96 bits per heavy atom. The molecule has 1 aliphatic carbocycles. The van der Waals surface area contributed by atoms with Gasteiger partial charge in [-0.2, -0.15) is 0 Å². The van der Waals surface area contributed by atoms with Crippen LogP contribution >= 0.6 is 0 Å². The minimum atomic E-state index is -1.12. The predicted molar refractivity (Wildman–Crippen MR) is 216 cm³/mol. The van der Waals surface area contributed by atoms with E-state index >= 15 is 0 Å². The Morgan fingerprint density at radius 1 is 0.632 bits per heavy atom. The van der Waals surface area contributed by atoms with Crippen LogP contribution in [0.2, 0.25) is 0 Å². The molecule has 9 nitrogen and oxygen atoms in total. The molecule has 9 rings (SSSR count). The molecule has 0 aromatic heterocycles. The summed E-state index contributed by atoms with van der Waals surface area (Å²) >= 11 is 0. The number of esters is 2. The van der Waals surface area contributed by atoms with Crippen molar-refractivity contribution in [3.63, 3.8) is 0 Å². The molecule has 5 aromatic carbocycles. The van der Waals surface area contributed by atoms with Gasteiger partial charge in [0, 0.05) is 52.3 Å². The molecule has 3 aliphatic heterocycles. The number of carboxylic acid groups (broad SMARTS) is 1. The molecule has 284 valence electrons. The van der Waals surface area contributed by atoms with E-state index in [1.54, 1.807) is 43.3 Å². The van der Waals surface area contributed by atoms with Gasteiger partial charge in [0.05, 0.1) is 11.1 Å². The first-order valence-corrected chi connectivity index (χ1v) is 18.4. The van der Waals surface area contributed by atoms with Crippen molar-refractivity contribution in [1.82, 2.24) is 0 Å². The van der Waals surface area contributed by atoms with E-state index in [1.165, 1.54) is 13.0 Å². The topological polar surface area (TPSA) is 129 Å². The summed E-state index contributed by atoms with van der Waals surface area (Å²) in [7, 11) is 0. The van der Waals surface area contributed by atoms with E-state index in [0.29, 0.717) is 50.8 Å². The first-order valence-electron chi connectivity index (χ1n) is 18.4. The van der Waals surface area contributed by atoms with Crippen LogP contribution in [0.3, 0.4) is 0 Å². The van der Waals surface area contributed by atoms with E-state index in [4.69, 9.17) is 18.6 Å². The summed E-state index contributed by atoms with van der Waals surface area (Å²) < 4.78 is 23.8. The Labute approximate surface area is 328 Å². The highest BCUT2D eigenvalue weighted by atomic mass is 16.6. The van der Waals surface area contributed by atoms with E-state index in [-0.39, 0.29) is 17.0 Å². The second-order valence-corrected chi connectivity index (χ2v) is 14.7. The van der Waals surface area contributed by atoms with E-state index in [1.807, 2.05) is 89.2 Å². The number of hydrogen-bond acceptors (Lipinski definition) is 8. The Balaban J connectivity index is 0.000000161. The third kappa shape index (κ3) is 6.03. The first kappa shape index (κ1) is 36.9. The molecule has 5 aromatic rings. The smallest absolute Gasteiger partial charge is 0.340 e. The SMILES string of the molecule is CC(=O)Oc1cc2c(cc1C)C1(OC(=O)c3ccccc31)c1cc(C)c(C)cc1O2.Cc1cc2oc3cc(=O)c(C)cc-3c(-c3ccccc3C(=O)O)c2cc1C. The summed E-state index contributed by atoms with van der Waals surface area (Å²) in [4.78, 5) is 48.4. The third-order valence-electron chi connectivity index (χ3n) is 10.9. The van der Waals surface area contributed by atoms with Crippen molar-refractivity contribution in [2.45, 2.75) is 54.1 Å². The molecular formula is C48H38O9. The fourth-order valence-corrected chi connectivity index (χ4v) is 7.78. The molecule has 0 saturated carbocycles. The van der Waals surface area contributed by atoms with Gasteiger partial charge in [-0.1, -0.05) is 36.4 Å². The fourth-order valence-electron chi connectivity index (χ4n) is 7.78. The largest absolute Gasteiger partial charge is 0.478 e. The number of benzene rings is 6. The quantitative estimate of drug-likeness (QED) is 0.106. The van der Waals surface area contributed by atoms with Crippen molar-refractivity contribution < 1.29 is 38.1 Å². The predicted octanol–water partition coefficient (Wildman–Crippen LogP) is 10.3. The third-order valence-corrected chi connectivity index (χ3v) is 10.9. The van der Waals surface area contributed by atoms with Gasteiger partial charge in [-0.25, -0.2) is 9.59 Å². The number of carbonyl (C=O) groups is 3. The number of fused-ring (bicyclic) bond motifs is 8. The summed E-state index contributed by atoms with van der Waals surface area (Å²) in [5.74, 6) is 0.216. The number of ether oxygens (including phenoxy) is 3. The van der Waals surface area contributed by atoms with Gasteiger partial charge in [0.15, 0.2) is 11.0 Å². The maximum atomic E-state index is 12.9. The van der Waals surface area contributed by atoms with E-state index in [9.17, 15) is 24.3 Å². The number of aryl methyl sites for hydroxylation is 6. The molecule has 3 heterocycles. The molecular weight excluding hydrogens is 721 g/mol. The molecule has 0 radical (unpaired) electrons. The van der Waals surface area contributed by atoms with E-state index < -0.39 is 17.5 Å². The summed E-state index contributed by atoms with van der Waals surface area (Å²) in [5, 5.41) is 10.5. The van der Waals surface area contributed by atoms with E-state index in [2.05, 4.69) is 0 Å². The average Bonchev–Trinajstić information content (AvgIpc) is 3.46. The zero-order valence-electron chi connectivity index (χ0n) is 32.5. The lowest BCUT2D eigenvalue weighted by molar-refractivity contribution is -0.131. The Morgan fingerprint density at radius 2 is 1.25 bits per heavy atom. The Bertz CT molecular complexity index is 2900. The van der Waals surface area contributed by atoms with Crippen LogP contribution in [0.25, 0.3) is 33.4 Å². The molecule has 1 N–H and O–H groups in total. The van der Waals surface area contributed by atoms with Crippen molar-refractivity contribution in [2.75, 3.05) is 0 Å². The second-order valence-electron chi connectivity index (χ2n) is 14.7. The van der Waals surface area contributed by atoms with Gasteiger partial charge in [0.2, 0.25) is 0 Å². The van der Waals surface area contributed by atoms with Crippen LogP contribution in [0, 0.1) is 41.5 Å². The monoisotopic (exact) mass is 758 g/mol. The highest BCUT2D eigenvalue weighted by Crippen LogP contribution is 2.57. The zero-order chi connectivity index (χ0) is 40.5. The van der Waals surface area contributed by atoms with Crippen molar-refractivity contribution in [3.8, 4) is 39.7 Å². The number of carbonyl (C=O) groups excluding carboxylic acids is 2. The van der Waals surface area contributed by atoms with Gasteiger partial charge in [-0.15, -0.1) is 0 Å². The minimum Gasteiger partial charge on any atom is -0.478 e. The molecule has 0 saturated heterocycles. The number of aromatic carboxylic acids is 1. The zero-order valence-corrected chi connectivity index (χ0v) is 32.5.